The molecule has 3 rings (SSSR count). The van der Waals surface area contributed by atoms with Gasteiger partial charge in [0.25, 0.3) is 0 Å². The van der Waals surface area contributed by atoms with Crippen molar-refractivity contribution in [2.45, 2.75) is 40.2 Å². The third-order valence-electron chi connectivity index (χ3n) is 4.58. The smallest absolute Gasteiger partial charge is 0.0675 e. The van der Waals surface area contributed by atoms with Crippen molar-refractivity contribution in [1.82, 2.24) is 15.1 Å². The van der Waals surface area contributed by atoms with E-state index in [0.717, 1.165) is 18.8 Å². The second-order valence-electron chi connectivity index (χ2n) is 5.88. The number of hydrogen-bond acceptors (Lipinski definition) is 2. The standard InChI is InChI=1S/C17H23N3/c1-11-6-5-7-16(12(11)2)17-13(3)19-20(14(17)4)15-8-9-18-10-15/h5-7,15,18H,8-10H2,1-4H3. The van der Waals surface area contributed by atoms with E-state index < -0.39 is 0 Å². The van der Waals surface area contributed by atoms with Gasteiger partial charge in [-0.3, -0.25) is 4.68 Å². The maximum Gasteiger partial charge on any atom is 0.0675 e. The van der Waals surface area contributed by atoms with Gasteiger partial charge < -0.3 is 5.32 Å². The molecule has 0 aliphatic carbocycles. The maximum atomic E-state index is 4.82. The number of rotatable bonds is 2. The third-order valence-corrected chi connectivity index (χ3v) is 4.58. The van der Waals surface area contributed by atoms with Crippen LogP contribution in [0.15, 0.2) is 18.2 Å². The molecule has 1 aliphatic heterocycles. The van der Waals surface area contributed by atoms with Gasteiger partial charge in [0.05, 0.1) is 11.7 Å². The van der Waals surface area contributed by atoms with Crippen LogP contribution in [0.2, 0.25) is 0 Å². The summed E-state index contributed by atoms with van der Waals surface area (Å²) in [5.74, 6) is 0. The molecule has 0 amide bonds. The topological polar surface area (TPSA) is 29.9 Å². The highest BCUT2D eigenvalue weighted by molar-refractivity contribution is 5.72. The molecule has 1 aromatic heterocycles. The average molecular weight is 269 g/mol. The minimum atomic E-state index is 0.507. The van der Waals surface area contributed by atoms with Crippen molar-refractivity contribution in [2.24, 2.45) is 0 Å². The first-order valence-electron chi connectivity index (χ1n) is 7.42. The molecular weight excluding hydrogens is 246 g/mol. The Bertz CT molecular complexity index is 634. The lowest BCUT2D eigenvalue weighted by molar-refractivity contribution is 0.477. The predicted molar refractivity (Wildman–Crippen MR) is 83.1 cm³/mol. The molecule has 1 atom stereocenters. The summed E-state index contributed by atoms with van der Waals surface area (Å²) in [6.45, 7) is 10.8. The lowest BCUT2D eigenvalue weighted by Crippen LogP contribution is -2.15. The van der Waals surface area contributed by atoms with Gasteiger partial charge in [0.1, 0.15) is 0 Å². The van der Waals surface area contributed by atoms with Gasteiger partial charge >= 0.3 is 0 Å². The summed E-state index contributed by atoms with van der Waals surface area (Å²) in [6, 6.07) is 7.05. The Kier molecular flexibility index (Phi) is 3.38. The first kappa shape index (κ1) is 13.4. The Labute approximate surface area is 121 Å². The number of benzene rings is 1. The van der Waals surface area contributed by atoms with Crippen LogP contribution in [0.3, 0.4) is 0 Å². The zero-order valence-electron chi connectivity index (χ0n) is 12.8. The quantitative estimate of drug-likeness (QED) is 0.906. The highest BCUT2D eigenvalue weighted by Gasteiger charge is 2.23. The van der Waals surface area contributed by atoms with E-state index in [2.05, 4.69) is 55.9 Å². The molecule has 1 N–H and O–H groups in total. The SMILES string of the molecule is Cc1cccc(-c2c(C)nn(C3CCNC3)c2C)c1C. The summed E-state index contributed by atoms with van der Waals surface area (Å²) in [4.78, 5) is 0. The molecule has 0 saturated carbocycles. The number of nitrogens with one attached hydrogen (secondary N) is 1. The van der Waals surface area contributed by atoms with Crippen LogP contribution in [-0.2, 0) is 0 Å². The molecule has 2 heterocycles. The molecule has 1 saturated heterocycles. The van der Waals surface area contributed by atoms with Gasteiger partial charge in [-0.2, -0.15) is 5.10 Å². The van der Waals surface area contributed by atoms with Crippen molar-refractivity contribution in [2.75, 3.05) is 13.1 Å². The predicted octanol–water partition coefficient (Wildman–Crippen LogP) is 3.32. The van der Waals surface area contributed by atoms with Gasteiger partial charge in [-0.1, -0.05) is 18.2 Å². The first-order chi connectivity index (χ1) is 9.59. The van der Waals surface area contributed by atoms with Gasteiger partial charge in [-0.05, 0) is 57.4 Å². The number of hydrogen-bond donors (Lipinski definition) is 1. The van der Waals surface area contributed by atoms with Gasteiger partial charge in [-0.25, -0.2) is 0 Å². The van der Waals surface area contributed by atoms with E-state index in [-0.39, 0.29) is 0 Å². The summed E-state index contributed by atoms with van der Waals surface area (Å²) < 4.78 is 2.23. The monoisotopic (exact) mass is 269 g/mol. The van der Waals surface area contributed by atoms with Gasteiger partial charge in [0.15, 0.2) is 0 Å². The van der Waals surface area contributed by atoms with E-state index in [1.54, 1.807) is 0 Å². The summed E-state index contributed by atoms with van der Waals surface area (Å²) in [5.41, 5.74) is 7.79. The minimum absolute atomic E-state index is 0.507. The van der Waals surface area contributed by atoms with E-state index in [0.29, 0.717) is 6.04 Å². The van der Waals surface area contributed by atoms with Crippen molar-refractivity contribution in [1.29, 1.82) is 0 Å². The van der Waals surface area contributed by atoms with Crippen molar-refractivity contribution >= 4 is 0 Å². The fourth-order valence-corrected chi connectivity index (χ4v) is 3.28. The maximum absolute atomic E-state index is 4.82. The molecular formula is C17H23N3. The van der Waals surface area contributed by atoms with Gasteiger partial charge in [0, 0.05) is 17.8 Å². The van der Waals surface area contributed by atoms with E-state index in [1.807, 2.05) is 0 Å². The lowest BCUT2D eigenvalue weighted by Gasteiger charge is -2.13. The van der Waals surface area contributed by atoms with E-state index in [9.17, 15) is 0 Å². The Hall–Kier alpha value is -1.61. The number of nitrogens with zero attached hydrogens (tertiary/aromatic N) is 2. The molecule has 1 fully saturated rings. The van der Waals surface area contributed by atoms with Crippen LogP contribution in [0.4, 0.5) is 0 Å². The Morgan fingerprint density at radius 2 is 2.00 bits per heavy atom. The van der Waals surface area contributed by atoms with E-state index in [4.69, 9.17) is 5.10 Å². The van der Waals surface area contributed by atoms with E-state index in [1.165, 1.54) is 34.4 Å². The second-order valence-corrected chi connectivity index (χ2v) is 5.88. The second kappa shape index (κ2) is 5.06. The summed E-state index contributed by atoms with van der Waals surface area (Å²) in [5, 5.41) is 8.24. The number of aryl methyl sites for hydroxylation is 2. The largest absolute Gasteiger partial charge is 0.315 e. The number of aromatic nitrogens is 2. The highest BCUT2D eigenvalue weighted by atomic mass is 15.3. The fourth-order valence-electron chi connectivity index (χ4n) is 3.28. The van der Waals surface area contributed by atoms with Crippen LogP contribution in [0, 0.1) is 27.7 Å². The van der Waals surface area contributed by atoms with Gasteiger partial charge in [-0.15, -0.1) is 0 Å². The van der Waals surface area contributed by atoms with Crippen LogP contribution < -0.4 is 5.32 Å². The van der Waals surface area contributed by atoms with Crippen molar-refractivity contribution < 1.29 is 0 Å². The fraction of sp³-hybridized carbons (Fsp3) is 0.471. The molecule has 3 nitrogen and oxygen atoms in total. The normalized spacial score (nSPS) is 18.7. The van der Waals surface area contributed by atoms with Crippen molar-refractivity contribution in [3.8, 4) is 11.1 Å². The minimum Gasteiger partial charge on any atom is -0.315 e. The summed E-state index contributed by atoms with van der Waals surface area (Å²) in [6.07, 6.45) is 1.17. The lowest BCUT2D eigenvalue weighted by atomic mass is 9.96. The van der Waals surface area contributed by atoms with Crippen LogP contribution in [0.5, 0.6) is 0 Å². The first-order valence-corrected chi connectivity index (χ1v) is 7.42. The third kappa shape index (κ3) is 2.06. The van der Waals surface area contributed by atoms with E-state index >= 15 is 0 Å². The molecule has 0 bridgehead atoms. The molecule has 0 spiro atoms. The summed E-state index contributed by atoms with van der Waals surface area (Å²) in [7, 11) is 0. The highest BCUT2D eigenvalue weighted by Crippen LogP contribution is 2.32. The summed E-state index contributed by atoms with van der Waals surface area (Å²) >= 11 is 0. The Morgan fingerprint density at radius 3 is 2.70 bits per heavy atom. The van der Waals surface area contributed by atoms with Crippen molar-refractivity contribution in [3.63, 3.8) is 0 Å². The molecule has 106 valence electrons. The Balaban J connectivity index is 2.12. The van der Waals surface area contributed by atoms with Crippen molar-refractivity contribution in [3.05, 3.63) is 40.7 Å². The molecule has 3 heteroatoms. The molecule has 20 heavy (non-hydrogen) atoms. The van der Waals surface area contributed by atoms with Crippen LogP contribution in [-0.4, -0.2) is 22.9 Å². The van der Waals surface area contributed by atoms with Crippen LogP contribution in [0.1, 0.15) is 35.0 Å². The van der Waals surface area contributed by atoms with Crippen LogP contribution in [0.25, 0.3) is 11.1 Å². The average Bonchev–Trinajstić information content (AvgIpc) is 3.02. The van der Waals surface area contributed by atoms with Gasteiger partial charge in [0.2, 0.25) is 0 Å². The molecule has 1 unspecified atom stereocenters. The zero-order valence-corrected chi connectivity index (χ0v) is 12.8. The molecule has 2 aromatic rings. The molecule has 1 aromatic carbocycles. The zero-order chi connectivity index (χ0) is 14.3. The van der Waals surface area contributed by atoms with Crippen LogP contribution >= 0.6 is 0 Å². The molecule has 1 aliphatic rings. The molecule has 0 radical (unpaired) electrons. The Morgan fingerprint density at radius 1 is 1.20 bits per heavy atom.